The molecule has 0 aromatic carbocycles. The van der Waals surface area contributed by atoms with Gasteiger partial charge in [-0.2, -0.15) is 0 Å². The first kappa shape index (κ1) is 24.3. The highest BCUT2D eigenvalue weighted by molar-refractivity contribution is 9.10. The van der Waals surface area contributed by atoms with Crippen LogP contribution in [-0.4, -0.2) is 67.0 Å². The van der Waals surface area contributed by atoms with E-state index >= 15 is 0 Å². The zero-order chi connectivity index (χ0) is 19.3. The van der Waals surface area contributed by atoms with Crippen molar-refractivity contribution in [3.05, 3.63) is 0 Å². The molecular formula is C15H23Br3O6. The molecule has 140 valence electrons. The normalized spacial score (nSPS) is 18.4. The van der Waals surface area contributed by atoms with E-state index in [0.29, 0.717) is 0 Å². The lowest BCUT2D eigenvalue weighted by Gasteiger charge is -2.46. The molecule has 0 aliphatic rings. The third-order valence-electron chi connectivity index (χ3n) is 4.26. The Morgan fingerprint density at radius 1 is 0.792 bits per heavy atom. The lowest BCUT2D eigenvalue weighted by Crippen LogP contribution is -2.62. The summed E-state index contributed by atoms with van der Waals surface area (Å²) in [5, 5.41) is 29.5. The summed E-state index contributed by atoms with van der Waals surface area (Å²) >= 11 is 9.34. The van der Waals surface area contributed by atoms with E-state index in [-0.39, 0.29) is 0 Å². The predicted octanol–water partition coefficient (Wildman–Crippen LogP) is 1.38. The number of ketones is 3. The van der Waals surface area contributed by atoms with Crippen LogP contribution in [0.25, 0.3) is 0 Å². The van der Waals surface area contributed by atoms with Gasteiger partial charge in [0.1, 0.15) is 11.2 Å². The molecule has 3 atom stereocenters. The second kappa shape index (κ2) is 9.87. The molecule has 0 saturated carbocycles. The van der Waals surface area contributed by atoms with Crippen molar-refractivity contribution in [2.75, 3.05) is 19.8 Å². The minimum Gasteiger partial charge on any atom is -0.396 e. The summed E-state index contributed by atoms with van der Waals surface area (Å²) in [6, 6.07) is 0. The minimum atomic E-state index is -2.07. The maximum atomic E-state index is 13.0. The largest absolute Gasteiger partial charge is 0.396 e. The zero-order valence-corrected chi connectivity index (χ0v) is 18.5. The van der Waals surface area contributed by atoms with E-state index in [1.807, 2.05) is 0 Å². The zero-order valence-electron chi connectivity index (χ0n) is 13.8. The number of carbonyl (C=O) groups excluding carboxylic acids is 3. The van der Waals surface area contributed by atoms with Crippen molar-refractivity contribution >= 4 is 65.1 Å². The molecule has 0 saturated heterocycles. The van der Waals surface area contributed by atoms with Crippen LogP contribution in [0.15, 0.2) is 0 Å². The molecule has 0 spiro atoms. The Morgan fingerprint density at radius 2 is 1.12 bits per heavy atom. The Kier molecular flexibility index (Phi) is 10.0. The first-order chi connectivity index (χ1) is 11.0. The first-order valence-electron chi connectivity index (χ1n) is 7.33. The number of carbonyl (C=O) groups is 3. The van der Waals surface area contributed by atoms with Gasteiger partial charge in [0.15, 0.2) is 11.6 Å². The standard InChI is InChI=1S/C15H23Br3O6/c1-8(16)11(22)4-15(12(23)9(2)17,13(24)10(3)18)14(5-19,6-20)7-21/h8-10,19-21H,4-7H2,1-3H3. The van der Waals surface area contributed by atoms with Crippen molar-refractivity contribution in [2.45, 2.75) is 41.7 Å². The average Bonchev–Trinajstić information content (AvgIpc) is 2.53. The Labute approximate surface area is 166 Å². The van der Waals surface area contributed by atoms with Crippen LogP contribution in [0.3, 0.4) is 0 Å². The van der Waals surface area contributed by atoms with E-state index in [1.54, 1.807) is 6.92 Å². The van der Waals surface area contributed by atoms with Gasteiger partial charge < -0.3 is 15.3 Å². The van der Waals surface area contributed by atoms with E-state index in [9.17, 15) is 29.7 Å². The first-order valence-corrected chi connectivity index (χ1v) is 10.1. The molecule has 0 amide bonds. The Morgan fingerprint density at radius 3 is 1.33 bits per heavy atom. The number of Topliss-reactive ketones (excluding diaryl/α,β-unsaturated/α-hetero) is 3. The van der Waals surface area contributed by atoms with Gasteiger partial charge in [0, 0.05) is 6.42 Å². The number of hydrogen-bond donors (Lipinski definition) is 3. The summed E-state index contributed by atoms with van der Waals surface area (Å²) in [7, 11) is 0. The van der Waals surface area contributed by atoms with E-state index in [2.05, 4.69) is 47.8 Å². The van der Waals surface area contributed by atoms with Crippen molar-refractivity contribution in [1.29, 1.82) is 0 Å². The van der Waals surface area contributed by atoms with Crippen LogP contribution in [0.2, 0.25) is 0 Å². The number of halogens is 3. The van der Waals surface area contributed by atoms with Crippen LogP contribution in [0.1, 0.15) is 27.2 Å². The molecule has 0 aliphatic heterocycles. The molecule has 3 N–H and O–H groups in total. The molecule has 3 unspecified atom stereocenters. The number of aliphatic hydroxyl groups excluding tert-OH is 3. The quantitative estimate of drug-likeness (QED) is 0.271. The van der Waals surface area contributed by atoms with Gasteiger partial charge in [-0.25, -0.2) is 0 Å². The molecule has 0 radical (unpaired) electrons. The molecule has 0 heterocycles. The van der Waals surface area contributed by atoms with Crippen LogP contribution < -0.4 is 0 Å². The predicted molar refractivity (Wildman–Crippen MR) is 101 cm³/mol. The van der Waals surface area contributed by atoms with Crippen molar-refractivity contribution in [2.24, 2.45) is 10.8 Å². The Bertz CT molecular complexity index is 444. The van der Waals surface area contributed by atoms with E-state index in [0.717, 1.165) is 0 Å². The molecule has 0 bridgehead atoms. The van der Waals surface area contributed by atoms with Gasteiger partial charge in [-0.1, -0.05) is 47.8 Å². The van der Waals surface area contributed by atoms with E-state index in [1.165, 1.54) is 13.8 Å². The van der Waals surface area contributed by atoms with E-state index in [4.69, 9.17) is 0 Å². The van der Waals surface area contributed by atoms with E-state index < -0.39 is 68.9 Å². The molecule has 24 heavy (non-hydrogen) atoms. The molecule has 0 aliphatic carbocycles. The summed E-state index contributed by atoms with van der Waals surface area (Å²) in [6.45, 7) is 2.03. The maximum absolute atomic E-state index is 13.0. The fourth-order valence-electron chi connectivity index (χ4n) is 2.64. The van der Waals surface area contributed by atoms with Gasteiger partial charge in [0.25, 0.3) is 0 Å². The van der Waals surface area contributed by atoms with Crippen LogP contribution in [0, 0.1) is 10.8 Å². The lowest BCUT2D eigenvalue weighted by molar-refractivity contribution is -0.166. The average molecular weight is 539 g/mol. The third kappa shape index (κ3) is 4.54. The summed E-state index contributed by atoms with van der Waals surface area (Å²) in [6.07, 6.45) is -0.537. The van der Waals surface area contributed by atoms with Crippen LogP contribution in [0.5, 0.6) is 0 Å². The SMILES string of the molecule is CC(Br)C(=O)CC(C(=O)C(C)Br)(C(=O)C(C)Br)C(CO)(CO)CO. The number of rotatable bonds is 11. The van der Waals surface area contributed by atoms with Gasteiger partial charge >= 0.3 is 0 Å². The summed E-state index contributed by atoms with van der Waals surface area (Å²) in [5.74, 6) is -1.78. The number of aliphatic hydroxyl groups is 3. The second-order valence-corrected chi connectivity index (χ2v) is 10.0. The van der Waals surface area contributed by atoms with Gasteiger partial charge in [0.05, 0.1) is 39.7 Å². The molecular weight excluding hydrogens is 516 g/mol. The number of hydrogen-bond acceptors (Lipinski definition) is 6. The van der Waals surface area contributed by atoms with Crippen LogP contribution in [0.4, 0.5) is 0 Å². The number of alkyl halides is 3. The highest BCUT2D eigenvalue weighted by Crippen LogP contribution is 2.47. The van der Waals surface area contributed by atoms with Crippen LogP contribution >= 0.6 is 47.8 Å². The van der Waals surface area contributed by atoms with Gasteiger partial charge in [-0.05, 0) is 20.8 Å². The second-order valence-electron chi connectivity index (χ2n) is 5.88. The van der Waals surface area contributed by atoms with Crippen molar-refractivity contribution < 1.29 is 29.7 Å². The molecule has 0 rings (SSSR count). The van der Waals surface area contributed by atoms with Gasteiger partial charge in [-0.15, -0.1) is 0 Å². The molecule has 0 fully saturated rings. The Hall–Kier alpha value is 0.330. The highest BCUT2D eigenvalue weighted by Gasteiger charge is 2.62. The molecule has 9 heteroatoms. The smallest absolute Gasteiger partial charge is 0.161 e. The Balaban J connectivity index is 6.71. The maximum Gasteiger partial charge on any atom is 0.161 e. The highest BCUT2D eigenvalue weighted by atomic mass is 79.9. The monoisotopic (exact) mass is 536 g/mol. The van der Waals surface area contributed by atoms with Crippen molar-refractivity contribution in [1.82, 2.24) is 0 Å². The molecule has 0 aromatic heterocycles. The lowest BCUT2D eigenvalue weighted by atomic mass is 9.56. The molecule has 6 nitrogen and oxygen atoms in total. The minimum absolute atomic E-state index is 0.447. The van der Waals surface area contributed by atoms with Crippen molar-refractivity contribution in [3.63, 3.8) is 0 Å². The van der Waals surface area contributed by atoms with Crippen molar-refractivity contribution in [3.8, 4) is 0 Å². The van der Waals surface area contributed by atoms with Crippen LogP contribution in [-0.2, 0) is 14.4 Å². The summed E-state index contributed by atoms with van der Waals surface area (Å²) < 4.78 is 0. The summed E-state index contributed by atoms with van der Waals surface area (Å²) in [5.41, 5.74) is -3.95. The summed E-state index contributed by atoms with van der Waals surface area (Å²) in [4.78, 5) is 36.1. The topological polar surface area (TPSA) is 112 Å². The molecule has 0 aromatic rings. The fraction of sp³-hybridized carbons (Fsp3) is 0.800. The third-order valence-corrected chi connectivity index (χ3v) is 5.60. The fourth-order valence-corrected chi connectivity index (χ4v) is 3.59. The van der Waals surface area contributed by atoms with Gasteiger partial charge in [0.2, 0.25) is 0 Å². The van der Waals surface area contributed by atoms with Gasteiger partial charge in [-0.3, -0.25) is 14.4 Å².